The number of rotatable bonds is 7. The zero-order chi connectivity index (χ0) is 23.6. The van der Waals surface area contributed by atoms with Crippen molar-refractivity contribution < 1.29 is 9.53 Å². The number of hydrogen-bond donors (Lipinski definition) is 0. The third kappa shape index (κ3) is 4.87. The van der Waals surface area contributed by atoms with Crippen molar-refractivity contribution in [2.75, 3.05) is 6.61 Å². The number of ether oxygens (including phenoxy) is 1. The van der Waals surface area contributed by atoms with E-state index >= 15 is 0 Å². The first-order valence-electron chi connectivity index (χ1n) is 11.9. The van der Waals surface area contributed by atoms with Crippen LogP contribution in [0.4, 0.5) is 0 Å². The molecule has 4 rings (SSSR count). The Morgan fingerprint density at radius 1 is 1.18 bits per heavy atom. The number of benzene rings is 2. The first-order chi connectivity index (χ1) is 15.9. The van der Waals surface area contributed by atoms with Crippen molar-refractivity contribution in [1.82, 2.24) is 4.90 Å². The average Bonchev–Trinajstić information content (AvgIpc) is 3.33. The van der Waals surface area contributed by atoms with Gasteiger partial charge in [-0.25, -0.2) is 0 Å². The molecule has 5 atom stereocenters. The number of amides is 1. The molecule has 0 spiro atoms. The summed E-state index contributed by atoms with van der Waals surface area (Å²) in [5.41, 5.74) is 1.70. The van der Waals surface area contributed by atoms with Crippen molar-refractivity contribution in [2.24, 2.45) is 5.41 Å². The standard InChI is InChI=1S/C28H33Cl2NO2/c1-4-15-28(3)18-23(20-8-6-9-22(30)17-20)26(19-11-13-21(29)14-12-19)31(27(28)32)24(5-2)25-10-7-16-33-25/h4,6,8-9,11-14,17,23-26H,1,5,7,10,15-16,18H2,2-3H3/t23?,24?,25?,26?,28-/m0/s1. The normalized spacial score (nSPS) is 28.7. The van der Waals surface area contributed by atoms with Crippen LogP contribution in [0.5, 0.6) is 0 Å². The fraction of sp³-hybridized carbons (Fsp3) is 0.464. The Labute approximate surface area is 207 Å². The molecule has 2 saturated heterocycles. The summed E-state index contributed by atoms with van der Waals surface area (Å²) in [5, 5.41) is 1.40. The van der Waals surface area contributed by atoms with E-state index in [4.69, 9.17) is 27.9 Å². The highest BCUT2D eigenvalue weighted by molar-refractivity contribution is 6.30. The predicted octanol–water partition coefficient (Wildman–Crippen LogP) is 7.59. The van der Waals surface area contributed by atoms with Crippen LogP contribution in [-0.2, 0) is 9.53 Å². The van der Waals surface area contributed by atoms with E-state index in [0.29, 0.717) is 16.5 Å². The largest absolute Gasteiger partial charge is 0.376 e. The van der Waals surface area contributed by atoms with Gasteiger partial charge in [-0.05, 0) is 67.5 Å². The van der Waals surface area contributed by atoms with Crippen LogP contribution in [-0.4, -0.2) is 29.6 Å². The van der Waals surface area contributed by atoms with Crippen molar-refractivity contribution in [3.05, 3.63) is 82.4 Å². The fourth-order valence-corrected chi connectivity index (χ4v) is 6.12. The number of hydrogen-bond acceptors (Lipinski definition) is 2. The zero-order valence-corrected chi connectivity index (χ0v) is 21.0. The van der Waals surface area contributed by atoms with Gasteiger partial charge in [0.1, 0.15) is 0 Å². The Balaban J connectivity index is 1.89. The second-order valence-corrected chi connectivity index (χ2v) is 10.5. The lowest BCUT2D eigenvalue weighted by Crippen LogP contribution is -2.58. The van der Waals surface area contributed by atoms with E-state index in [-0.39, 0.29) is 30.0 Å². The third-order valence-corrected chi connectivity index (χ3v) is 7.84. The molecule has 2 aromatic rings. The summed E-state index contributed by atoms with van der Waals surface area (Å²) in [7, 11) is 0. The van der Waals surface area contributed by atoms with Gasteiger partial charge in [0, 0.05) is 22.6 Å². The number of carbonyl (C=O) groups is 1. The minimum atomic E-state index is -0.538. The Hall–Kier alpha value is -1.81. The third-order valence-electron chi connectivity index (χ3n) is 7.35. The van der Waals surface area contributed by atoms with Gasteiger partial charge in [-0.3, -0.25) is 4.79 Å². The molecule has 0 aromatic heterocycles. The van der Waals surface area contributed by atoms with E-state index < -0.39 is 5.41 Å². The maximum absolute atomic E-state index is 14.3. The van der Waals surface area contributed by atoms with Crippen LogP contribution >= 0.6 is 23.2 Å². The zero-order valence-electron chi connectivity index (χ0n) is 19.5. The van der Waals surface area contributed by atoms with Crippen molar-refractivity contribution in [3.8, 4) is 0 Å². The Bertz CT molecular complexity index is 986. The molecule has 5 heteroatoms. The molecular weight excluding hydrogens is 453 g/mol. The topological polar surface area (TPSA) is 29.5 Å². The minimum Gasteiger partial charge on any atom is -0.376 e. The van der Waals surface area contributed by atoms with Crippen LogP contribution < -0.4 is 0 Å². The molecule has 0 saturated carbocycles. The second kappa shape index (κ2) is 10.2. The van der Waals surface area contributed by atoms with Gasteiger partial charge in [0.15, 0.2) is 0 Å². The molecule has 2 aliphatic rings. The van der Waals surface area contributed by atoms with E-state index in [1.54, 1.807) is 0 Å². The van der Waals surface area contributed by atoms with Gasteiger partial charge in [-0.1, -0.05) is 67.4 Å². The number of allylic oxidation sites excluding steroid dienone is 1. The van der Waals surface area contributed by atoms with E-state index in [9.17, 15) is 4.79 Å². The van der Waals surface area contributed by atoms with E-state index in [0.717, 1.165) is 43.4 Å². The van der Waals surface area contributed by atoms with Gasteiger partial charge in [0.05, 0.1) is 23.6 Å². The van der Waals surface area contributed by atoms with Crippen LogP contribution in [0.2, 0.25) is 10.0 Å². The predicted molar refractivity (Wildman–Crippen MR) is 136 cm³/mol. The van der Waals surface area contributed by atoms with E-state index in [1.807, 2.05) is 36.4 Å². The van der Waals surface area contributed by atoms with Crippen LogP contribution in [0.15, 0.2) is 61.2 Å². The lowest BCUT2D eigenvalue weighted by atomic mass is 9.66. The molecule has 33 heavy (non-hydrogen) atoms. The number of piperidine rings is 1. The lowest BCUT2D eigenvalue weighted by Gasteiger charge is -2.53. The first kappa shape index (κ1) is 24.3. The quantitative estimate of drug-likeness (QED) is 0.378. The highest BCUT2D eigenvalue weighted by Gasteiger charge is 2.52. The fourth-order valence-electron chi connectivity index (χ4n) is 5.80. The maximum atomic E-state index is 14.3. The number of carbonyl (C=O) groups excluding carboxylic acids is 1. The average molecular weight is 486 g/mol. The van der Waals surface area contributed by atoms with Gasteiger partial charge in [-0.2, -0.15) is 0 Å². The molecular formula is C28H33Cl2NO2. The maximum Gasteiger partial charge on any atom is 0.229 e. The van der Waals surface area contributed by atoms with Crippen LogP contribution in [0, 0.1) is 5.41 Å². The van der Waals surface area contributed by atoms with Crippen molar-refractivity contribution >= 4 is 29.1 Å². The molecule has 176 valence electrons. The molecule has 1 amide bonds. The van der Waals surface area contributed by atoms with Gasteiger partial charge in [-0.15, -0.1) is 6.58 Å². The molecule has 2 fully saturated rings. The summed E-state index contributed by atoms with van der Waals surface area (Å²) >= 11 is 12.7. The smallest absolute Gasteiger partial charge is 0.229 e. The molecule has 0 bridgehead atoms. The van der Waals surface area contributed by atoms with Crippen molar-refractivity contribution in [3.63, 3.8) is 0 Å². The van der Waals surface area contributed by atoms with E-state index in [2.05, 4.69) is 43.5 Å². The van der Waals surface area contributed by atoms with Crippen LogP contribution in [0.25, 0.3) is 0 Å². The Morgan fingerprint density at radius 3 is 2.55 bits per heavy atom. The summed E-state index contributed by atoms with van der Waals surface area (Å²) in [6.07, 6.45) is 6.15. The molecule has 2 aliphatic heterocycles. The summed E-state index contributed by atoms with van der Waals surface area (Å²) in [6, 6.07) is 15.9. The molecule has 0 aliphatic carbocycles. The molecule has 4 unspecified atom stereocenters. The van der Waals surface area contributed by atoms with Gasteiger partial charge in [0.25, 0.3) is 0 Å². The monoisotopic (exact) mass is 485 g/mol. The molecule has 0 radical (unpaired) electrons. The van der Waals surface area contributed by atoms with Crippen molar-refractivity contribution in [2.45, 2.75) is 70.1 Å². The van der Waals surface area contributed by atoms with Crippen LogP contribution in [0.3, 0.4) is 0 Å². The molecule has 2 aromatic carbocycles. The van der Waals surface area contributed by atoms with Crippen molar-refractivity contribution in [1.29, 1.82) is 0 Å². The highest BCUT2D eigenvalue weighted by atomic mass is 35.5. The van der Waals surface area contributed by atoms with Gasteiger partial charge < -0.3 is 9.64 Å². The summed E-state index contributed by atoms with van der Waals surface area (Å²) in [4.78, 5) is 16.4. The molecule has 2 heterocycles. The molecule has 0 N–H and O–H groups in total. The SMILES string of the molecule is C=CC[C@@]1(C)CC(c2cccc(Cl)c2)C(c2ccc(Cl)cc2)N(C(CC)C2CCCO2)C1=O. The summed E-state index contributed by atoms with van der Waals surface area (Å²) in [6.45, 7) is 8.97. The Kier molecular flexibility index (Phi) is 7.53. The summed E-state index contributed by atoms with van der Waals surface area (Å²) in [5.74, 6) is 0.269. The number of likely N-dealkylation sites (tertiary alicyclic amines) is 1. The van der Waals surface area contributed by atoms with Gasteiger partial charge >= 0.3 is 0 Å². The van der Waals surface area contributed by atoms with Crippen LogP contribution in [0.1, 0.15) is 69.0 Å². The van der Waals surface area contributed by atoms with E-state index in [1.165, 1.54) is 0 Å². The number of nitrogens with zero attached hydrogens (tertiary/aromatic N) is 1. The van der Waals surface area contributed by atoms with Gasteiger partial charge in [0.2, 0.25) is 5.91 Å². The number of halogens is 2. The highest BCUT2D eigenvalue weighted by Crippen LogP contribution is 2.52. The summed E-state index contributed by atoms with van der Waals surface area (Å²) < 4.78 is 6.14. The Morgan fingerprint density at radius 2 is 1.94 bits per heavy atom. The first-order valence-corrected chi connectivity index (χ1v) is 12.7. The molecule has 3 nitrogen and oxygen atoms in total. The lowest BCUT2D eigenvalue weighted by molar-refractivity contribution is -0.158. The second-order valence-electron chi connectivity index (χ2n) is 9.65. The minimum absolute atomic E-state index is 0.00630.